The summed E-state index contributed by atoms with van der Waals surface area (Å²) in [5.74, 6) is 0.973. The molecule has 2 rings (SSSR count). The summed E-state index contributed by atoms with van der Waals surface area (Å²) in [4.78, 5) is 28.8. The molecule has 1 aliphatic heterocycles. The third-order valence-corrected chi connectivity index (χ3v) is 4.47. The van der Waals surface area contributed by atoms with E-state index in [0.29, 0.717) is 32.8 Å². The van der Waals surface area contributed by atoms with Crippen molar-refractivity contribution in [2.24, 2.45) is 0 Å². The second-order valence-electron chi connectivity index (χ2n) is 4.91. The highest BCUT2D eigenvalue weighted by Crippen LogP contribution is 2.24. The number of piperazine rings is 1. The Morgan fingerprint density at radius 3 is 2.36 bits per heavy atom. The van der Waals surface area contributed by atoms with Crippen molar-refractivity contribution in [1.29, 1.82) is 0 Å². The highest BCUT2D eigenvalue weighted by molar-refractivity contribution is 7.99. The van der Waals surface area contributed by atoms with Crippen LogP contribution in [-0.4, -0.2) is 60.3 Å². The predicted molar refractivity (Wildman–Crippen MR) is 87.3 cm³/mol. The summed E-state index contributed by atoms with van der Waals surface area (Å²) < 4.78 is 4.99. The number of rotatable bonds is 4. The third-order valence-electron chi connectivity index (χ3n) is 3.51. The fraction of sp³-hybridized carbons (Fsp3) is 0.500. The summed E-state index contributed by atoms with van der Waals surface area (Å²) in [6.45, 7) is 6.37. The monoisotopic (exact) mass is 322 g/mol. The minimum absolute atomic E-state index is 0.0417. The molecule has 0 bridgehead atoms. The fourth-order valence-corrected chi connectivity index (χ4v) is 3.20. The molecule has 0 unspecified atom stereocenters. The van der Waals surface area contributed by atoms with Crippen molar-refractivity contribution in [1.82, 2.24) is 9.80 Å². The molecule has 0 spiro atoms. The largest absolute Gasteiger partial charge is 0.450 e. The van der Waals surface area contributed by atoms with E-state index in [1.54, 1.807) is 23.6 Å². The lowest BCUT2D eigenvalue weighted by Gasteiger charge is -2.34. The van der Waals surface area contributed by atoms with Crippen LogP contribution in [0.3, 0.4) is 0 Å². The van der Waals surface area contributed by atoms with Crippen LogP contribution in [0.1, 0.15) is 24.2 Å². The molecular formula is C16H22N2O3S. The van der Waals surface area contributed by atoms with Gasteiger partial charge in [0.25, 0.3) is 5.91 Å². The van der Waals surface area contributed by atoms with E-state index in [2.05, 4.69) is 6.92 Å². The first kappa shape index (κ1) is 16.7. The van der Waals surface area contributed by atoms with Gasteiger partial charge in [0, 0.05) is 31.1 Å². The molecule has 5 nitrogen and oxygen atoms in total. The smallest absolute Gasteiger partial charge is 0.409 e. The van der Waals surface area contributed by atoms with Gasteiger partial charge in [-0.3, -0.25) is 4.79 Å². The minimum Gasteiger partial charge on any atom is -0.450 e. The van der Waals surface area contributed by atoms with Crippen molar-refractivity contribution in [3.63, 3.8) is 0 Å². The van der Waals surface area contributed by atoms with E-state index in [1.807, 2.05) is 29.2 Å². The quantitative estimate of drug-likeness (QED) is 0.800. The van der Waals surface area contributed by atoms with E-state index in [0.717, 1.165) is 16.2 Å². The predicted octanol–water partition coefficient (Wildman–Crippen LogP) is 2.71. The molecule has 0 aliphatic carbocycles. The topological polar surface area (TPSA) is 49.9 Å². The molecule has 1 aliphatic rings. The van der Waals surface area contributed by atoms with Crippen molar-refractivity contribution in [3.8, 4) is 0 Å². The molecule has 1 fully saturated rings. The molecule has 0 atom stereocenters. The average molecular weight is 322 g/mol. The van der Waals surface area contributed by atoms with E-state index in [9.17, 15) is 9.59 Å². The summed E-state index contributed by atoms with van der Waals surface area (Å²) in [5, 5.41) is 0. The van der Waals surface area contributed by atoms with Gasteiger partial charge >= 0.3 is 6.09 Å². The second kappa shape index (κ2) is 8.08. The molecule has 0 aromatic heterocycles. The van der Waals surface area contributed by atoms with E-state index >= 15 is 0 Å². The van der Waals surface area contributed by atoms with Gasteiger partial charge in [-0.05, 0) is 24.8 Å². The maximum Gasteiger partial charge on any atom is 0.409 e. The number of benzene rings is 1. The maximum atomic E-state index is 12.7. The Bertz CT molecular complexity index is 528. The van der Waals surface area contributed by atoms with Gasteiger partial charge in [0.2, 0.25) is 0 Å². The van der Waals surface area contributed by atoms with Crippen LogP contribution in [-0.2, 0) is 4.74 Å². The van der Waals surface area contributed by atoms with Crippen LogP contribution in [0.25, 0.3) is 0 Å². The van der Waals surface area contributed by atoms with Crippen LogP contribution in [0.4, 0.5) is 4.79 Å². The lowest BCUT2D eigenvalue weighted by atomic mass is 10.2. The molecule has 1 saturated heterocycles. The number of thioether (sulfide) groups is 1. The standard InChI is InChI=1S/C16H22N2O3S/c1-3-21-16(20)18-11-9-17(10-12-18)15(19)13-7-5-6-8-14(13)22-4-2/h5-8H,3-4,9-12H2,1-2H3. The summed E-state index contributed by atoms with van der Waals surface area (Å²) in [5.41, 5.74) is 0.749. The molecule has 0 radical (unpaired) electrons. The molecule has 1 aromatic rings. The van der Waals surface area contributed by atoms with E-state index in [4.69, 9.17) is 4.74 Å². The molecule has 0 saturated carbocycles. The Morgan fingerprint density at radius 2 is 1.73 bits per heavy atom. The van der Waals surface area contributed by atoms with Gasteiger partial charge in [-0.25, -0.2) is 4.79 Å². The maximum absolute atomic E-state index is 12.7. The number of hydrogen-bond donors (Lipinski definition) is 0. The first-order valence-electron chi connectivity index (χ1n) is 7.60. The SMILES string of the molecule is CCOC(=O)N1CCN(C(=O)c2ccccc2SCC)CC1. The van der Waals surface area contributed by atoms with Crippen LogP contribution in [0.2, 0.25) is 0 Å². The van der Waals surface area contributed by atoms with Gasteiger partial charge in [-0.1, -0.05) is 19.1 Å². The van der Waals surface area contributed by atoms with Gasteiger partial charge in [-0.15, -0.1) is 11.8 Å². The minimum atomic E-state index is -0.295. The van der Waals surface area contributed by atoms with Crippen LogP contribution in [0, 0.1) is 0 Å². The van der Waals surface area contributed by atoms with Gasteiger partial charge in [0.1, 0.15) is 0 Å². The number of amides is 2. The lowest BCUT2D eigenvalue weighted by molar-refractivity contribution is 0.0568. The number of hydrogen-bond acceptors (Lipinski definition) is 4. The van der Waals surface area contributed by atoms with Crippen molar-refractivity contribution >= 4 is 23.8 Å². The molecule has 1 heterocycles. The lowest BCUT2D eigenvalue weighted by Crippen LogP contribution is -2.50. The van der Waals surface area contributed by atoms with Gasteiger partial charge in [-0.2, -0.15) is 0 Å². The number of carbonyl (C=O) groups excluding carboxylic acids is 2. The fourth-order valence-electron chi connectivity index (χ4n) is 2.40. The Labute approximate surface area is 135 Å². The van der Waals surface area contributed by atoms with E-state index in [-0.39, 0.29) is 12.0 Å². The first-order chi connectivity index (χ1) is 10.7. The summed E-state index contributed by atoms with van der Waals surface area (Å²) >= 11 is 1.67. The Morgan fingerprint density at radius 1 is 1.09 bits per heavy atom. The van der Waals surface area contributed by atoms with Crippen LogP contribution in [0.15, 0.2) is 29.2 Å². The number of ether oxygens (including phenoxy) is 1. The van der Waals surface area contributed by atoms with Crippen LogP contribution < -0.4 is 0 Å². The zero-order valence-electron chi connectivity index (χ0n) is 13.1. The molecule has 2 amide bonds. The highest BCUT2D eigenvalue weighted by atomic mass is 32.2. The molecule has 22 heavy (non-hydrogen) atoms. The zero-order valence-corrected chi connectivity index (χ0v) is 13.9. The second-order valence-corrected chi connectivity index (χ2v) is 6.21. The van der Waals surface area contributed by atoms with Gasteiger partial charge < -0.3 is 14.5 Å². The van der Waals surface area contributed by atoms with E-state index in [1.165, 1.54) is 0 Å². The average Bonchev–Trinajstić information content (AvgIpc) is 2.55. The van der Waals surface area contributed by atoms with Crippen molar-refractivity contribution in [3.05, 3.63) is 29.8 Å². The summed E-state index contributed by atoms with van der Waals surface area (Å²) in [6.07, 6.45) is -0.295. The van der Waals surface area contributed by atoms with Crippen molar-refractivity contribution < 1.29 is 14.3 Å². The Hall–Kier alpha value is -1.69. The molecular weight excluding hydrogens is 300 g/mol. The summed E-state index contributed by atoms with van der Waals surface area (Å²) in [7, 11) is 0. The molecule has 1 aromatic carbocycles. The zero-order chi connectivity index (χ0) is 15.9. The number of carbonyl (C=O) groups is 2. The summed E-state index contributed by atoms with van der Waals surface area (Å²) in [6, 6.07) is 7.70. The first-order valence-corrected chi connectivity index (χ1v) is 8.58. The normalized spacial score (nSPS) is 14.8. The molecule has 0 N–H and O–H groups in total. The van der Waals surface area contributed by atoms with Crippen molar-refractivity contribution in [2.45, 2.75) is 18.7 Å². The van der Waals surface area contributed by atoms with Gasteiger partial charge in [0.15, 0.2) is 0 Å². The highest BCUT2D eigenvalue weighted by Gasteiger charge is 2.26. The number of nitrogens with zero attached hydrogens (tertiary/aromatic N) is 2. The van der Waals surface area contributed by atoms with E-state index < -0.39 is 0 Å². The Kier molecular flexibility index (Phi) is 6.12. The molecule has 6 heteroatoms. The Balaban J connectivity index is 1.99. The van der Waals surface area contributed by atoms with Crippen LogP contribution >= 0.6 is 11.8 Å². The third kappa shape index (κ3) is 3.94. The van der Waals surface area contributed by atoms with Crippen LogP contribution in [0.5, 0.6) is 0 Å². The molecule has 120 valence electrons. The van der Waals surface area contributed by atoms with Crippen molar-refractivity contribution in [2.75, 3.05) is 38.5 Å². The van der Waals surface area contributed by atoms with Gasteiger partial charge in [0.05, 0.1) is 12.2 Å².